The first-order valence-corrected chi connectivity index (χ1v) is 9.97. The van der Waals surface area contributed by atoms with Crippen molar-refractivity contribution in [3.05, 3.63) is 71.4 Å². The maximum absolute atomic E-state index is 13.3. The van der Waals surface area contributed by atoms with Crippen molar-refractivity contribution in [3.8, 4) is 0 Å². The number of hydrogen-bond acceptors (Lipinski definition) is 3. The second-order valence-corrected chi connectivity index (χ2v) is 7.43. The van der Waals surface area contributed by atoms with Crippen LogP contribution in [0.4, 0.5) is 5.69 Å². The summed E-state index contributed by atoms with van der Waals surface area (Å²) in [6.07, 6.45) is 4.65. The summed E-state index contributed by atoms with van der Waals surface area (Å²) in [5.74, 6) is -0.891. The molecule has 0 saturated carbocycles. The summed E-state index contributed by atoms with van der Waals surface area (Å²) in [6, 6.07) is 15.5. The molecule has 0 unspecified atom stereocenters. The number of amides is 2. The Hall–Kier alpha value is -3.25. The van der Waals surface area contributed by atoms with Gasteiger partial charge >= 0.3 is 0 Å². The zero-order valence-electron chi connectivity index (χ0n) is 16.3. The lowest BCUT2D eigenvalue weighted by atomic mass is 10.1. The molecule has 1 aliphatic rings. The number of anilines is 1. The molecule has 1 fully saturated rings. The van der Waals surface area contributed by atoms with Crippen LogP contribution < -0.4 is 10.2 Å². The van der Waals surface area contributed by atoms with Crippen LogP contribution in [-0.2, 0) is 16.1 Å². The molecular formula is C23H21N3O2S. The van der Waals surface area contributed by atoms with Gasteiger partial charge in [0.2, 0.25) is 0 Å². The molecule has 2 amide bonds. The smallest absolute Gasteiger partial charge is 0.270 e. The molecule has 0 bridgehead atoms. The maximum atomic E-state index is 13.3. The number of hydrogen-bond donors (Lipinski definition) is 1. The van der Waals surface area contributed by atoms with Crippen LogP contribution in [0.1, 0.15) is 24.5 Å². The minimum absolute atomic E-state index is 0.0706. The molecule has 4 rings (SSSR count). The lowest BCUT2D eigenvalue weighted by Crippen LogP contribution is -2.54. The van der Waals surface area contributed by atoms with E-state index in [0.29, 0.717) is 5.69 Å². The Labute approximate surface area is 174 Å². The van der Waals surface area contributed by atoms with E-state index in [-0.39, 0.29) is 10.7 Å². The fourth-order valence-electron chi connectivity index (χ4n) is 3.66. The molecule has 1 aliphatic heterocycles. The lowest BCUT2D eigenvalue weighted by Gasteiger charge is -2.29. The van der Waals surface area contributed by atoms with Gasteiger partial charge in [-0.3, -0.25) is 19.8 Å². The van der Waals surface area contributed by atoms with Gasteiger partial charge in [0.1, 0.15) is 5.57 Å². The highest BCUT2D eigenvalue weighted by atomic mass is 32.1. The number of para-hydroxylation sites is 2. The van der Waals surface area contributed by atoms with Crippen molar-refractivity contribution in [2.45, 2.75) is 26.8 Å². The second kappa shape index (κ2) is 7.64. The number of rotatable bonds is 4. The molecule has 1 aromatic heterocycles. The van der Waals surface area contributed by atoms with Gasteiger partial charge in [0.15, 0.2) is 5.11 Å². The number of fused-ring (bicyclic) bond motifs is 1. The summed E-state index contributed by atoms with van der Waals surface area (Å²) < 4.78 is 2.15. The highest BCUT2D eigenvalue weighted by Crippen LogP contribution is 2.28. The Morgan fingerprint density at radius 2 is 1.79 bits per heavy atom. The Morgan fingerprint density at radius 1 is 1.07 bits per heavy atom. The summed E-state index contributed by atoms with van der Waals surface area (Å²) in [5, 5.41) is 3.76. The molecule has 2 aromatic carbocycles. The van der Waals surface area contributed by atoms with E-state index >= 15 is 0 Å². The topological polar surface area (TPSA) is 54.3 Å². The van der Waals surface area contributed by atoms with E-state index in [1.165, 1.54) is 4.90 Å². The van der Waals surface area contributed by atoms with Crippen LogP contribution >= 0.6 is 12.2 Å². The first-order chi connectivity index (χ1) is 14.0. The third-order valence-corrected chi connectivity index (χ3v) is 5.33. The van der Waals surface area contributed by atoms with E-state index in [1.54, 1.807) is 6.08 Å². The van der Waals surface area contributed by atoms with E-state index in [0.717, 1.165) is 35.0 Å². The second-order valence-electron chi connectivity index (χ2n) is 7.04. The Bertz CT molecular complexity index is 1180. The molecule has 0 radical (unpaired) electrons. The van der Waals surface area contributed by atoms with Gasteiger partial charge in [-0.05, 0) is 49.3 Å². The predicted octanol–water partition coefficient (Wildman–Crippen LogP) is 4.19. The van der Waals surface area contributed by atoms with Crippen molar-refractivity contribution in [2.75, 3.05) is 4.90 Å². The van der Waals surface area contributed by atoms with Gasteiger partial charge in [0.05, 0.1) is 5.69 Å². The van der Waals surface area contributed by atoms with Crippen LogP contribution in [0.2, 0.25) is 0 Å². The van der Waals surface area contributed by atoms with Crippen LogP contribution in [0.15, 0.2) is 60.3 Å². The molecule has 0 atom stereocenters. The van der Waals surface area contributed by atoms with E-state index < -0.39 is 11.8 Å². The van der Waals surface area contributed by atoms with Crippen LogP contribution in [0.5, 0.6) is 0 Å². The Balaban J connectivity index is 1.82. The zero-order chi connectivity index (χ0) is 20.5. The molecule has 2 heterocycles. The molecule has 1 N–H and O–H groups in total. The SMILES string of the molecule is CCCn1cc(/C=C2/C(=O)NC(=S)N(c3ccccc3C)C2=O)c2ccccc21. The summed E-state index contributed by atoms with van der Waals surface area (Å²) in [7, 11) is 0. The average molecular weight is 404 g/mol. The minimum Gasteiger partial charge on any atom is -0.347 e. The van der Waals surface area contributed by atoms with Crippen molar-refractivity contribution in [3.63, 3.8) is 0 Å². The van der Waals surface area contributed by atoms with Gasteiger partial charge in [-0.25, -0.2) is 0 Å². The zero-order valence-corrected chi connectivity index (χ0v) is 17.1. The van der Waals surface area contributed by atoms with Crippen molar-refractivity contribution in [2.24, 2.45) is 0 Å². The molecule has 1 saturated heterocycles. The van der Waals surface area contributed by atoms with Crippen molar-refractivity contribution in [1.29, 1.82) is 0 Å². The molecule has 6 heteroatoms. The molecule has 29 heavy (non-hydrogen) atoms. The summed E-state index contributed by atoms with van der Waals surface area (Å²) in [4.78, 5) is 27.3. The van der Waals surface area contributed by atoms with Crippen LogP contribution in [0.25, 0.3) is 17.0 Å². The number of thiocarbonyl (C=S) groups is 1. The third-order valence-electron chi connectivity index (χ3n) is 5.04. The van der Waals surface area contributed by atoms with Gasteiger partial charge in [0.25, 0.3) is 11.8 Å². The number of nitrogens with one attached hydrogen (secondary N) is 1. The molecular weight excluding hydrogens is 382 g/mol. The molecule has 0 spiro atoms. The molecule has 3 aromatic rings. The number of carbonyl (C=O) groups is 2. The van der Waals surface area contributed by atoms with Crippen LogP contribution in [-0.4, -0.2) is 21.5 Å². The van der Waals surface area contributed by atoms with Crippen molar-refractivity contribution >= 4 is 51.8 Å². The van der Waals surface area contributed by atoms with Gasteiger partial charge in [0, 0.05) is 29.2 Å². The maximum Gasteiger partial charge on any atom is 0.270 e. The van der Waals surface area contributed by atoms with Crippen LogP contribution in [0.3, 0.4) is 0 Å². The minimum atomic E-state index is -0.475. The lowest BCUT2D eigenvalue weighted by molar-refractivity contribution is -0.122. The van der Waals surface area contributed by atoms with Crippen molar-refractivity contribution in [1.82, 2.24) is 9.88 Å². The number of carbonyl (C=O) groups excluding carboxylic acids is 2. The Kier molecular flexibility index (Phi) is 5.03. The first-order valence-electron chi connectivity index (χ1n) is 9.56. The van der Waals surface area contributed by atoms with E-state index in [4.69, 9.17) is 12.2 Å². The summed E-state index contributed by atoms with van der Waals surface area (Å²) >= 11 is 5.30. The Morgan fingerprint density at radius 3 is 2.55 bits per heavy atom. The molecule has 5 nitrogen and oxygen atoms in total. The van der Waals surface area contributed by atoms with E-state index in [9.17, 15) is 9.59 Å². The normalized spacial score (nSPS) is 16.0. The van der Waals surface area contributed by atoms with Gasteiger partial charge < -0.3 is 4.57 Å². The monoisotopic (exact) mass is 403 g/mol. The van der Waals surface area contributed by atoms with Crippen LogP contribution in [0, 0.1) is 6.92 Å². The summed E-state index contributed by atoms with van der Waals surface area (Å²) in [6.45, 7) is 4.89. The quantitative estimate of drug-likeness (QED) is 0.404. The standard InChI is InChI=1S/C23H21N3O2S/c1-3-12-25-14-16(17-9-5-7-11-20(17)25)13-18-21(27)24-23(29)26(22(18)28)19-10-6-4-8-15(19)2/h4-11,13-14H,3,12H2,1-2H3,(H,24,27,29)/b18-13-. The van der Waals surface area contributed by atoms with E-state index in [1.807, 2.05) is 61.7 Å². The number of benzene rings is 2. The third kappa shape index (κ3) is 3.36. The van der Waals surface area contributed by atoms with Gasteiger partial charge in [-0.2, -0.15) is 0 Å². The molecule has 146 valence electrons. The fraction of sp³-hybridized carbons (Fsp3) is 0.174. The number of nitrogens with zero attached hydrogens (tertiary/aromatic N) is 2. The highest BCUT2D eigenvalue weighted by molar-refractivity contribution is 7.80. The highest BCUT2D eigenvalue weighted by Gasteiger charge is 2.35. The van der Waals surface area contributed by atoms with E-state index in [2.05, 4.69) is 16.8 Å². The van der Waals surface area contributed by atoms with Gasteiger partial charge in [-0.1, -0.05) is 43.3 Å². The fourth-order valence-corrected chi connectivity index (χ4v) is 3.94. The predicted molar refractivity (Wildman–Crippen MR) is 120 cm³/mol. The van der Waals surface area contributed by atoms with Gasteiger partial charge in [-0.15, -0.1) is 0 Å². The van der Waals surface area contributed by atoms with Crippen molar-refractivity contribution < 1.29 is 9.59 Å². The number of aromatic nitrogens is 1. The largest absolute Gasteiger partial charge is 0.347 e. The molecule has 0 aliphatic carbocycles. The summed E-state index contributed by atoms with van der Waals surface area (Å²) in [5.41, 5.74) is 3.56. The number of aryl methyl sites for hydroxylation is 2. The average Bonchev–Trinajstić information content (AvgIpc) is 3.04. The first kappa shape index (κ1) is 19.1.